The number of hydrogen-bond donors (Lipinski definition) is 1. The fourth-order valence-corrected chi connectivity index (χ4v) is 2.62. The fraction of sp³-hybridized carbons (Fsp3) is 0.300. The maximum absolute atomic E-state index is 12.5. The minimum atomic E-state index is -0.552. The lowest BCUT2D eigenvalue weighted by molar-refractivity contribution is 0.0601. The summed E-state index contributed by atoms with van der Waals surface area (Å²) in [7, 11) is 2.95. The Morgan fingerprint density at radius 3 is 2.54 bits per heavy atom. The third-order valence-electron chi connectivity index (χ3n) is 4.02. The molecule has 8 heteroatoms. The molecule has 0 aliphatic rings. The Morgan fingerprint density at radius 1 is 1.21 bits per heavy atom. The molecule has 0 aliphatic carbocycles. The number of nitrogens with one attached hydrogen (secondary N) is 1. The second-order valence-corrected chi connectivity index (χ2v) is 6.68. The van der Waals surface area contributed by atoms with E-state index >= 15 is 0 Å². The number of aromatic nitrogens is 1. The largest absolute Gasteiger partial charge is 0.465 e. The monoisotopic (exact) mass is 403 g/mol. The van der Waals surface area contributed by atoms with Crippen molar-refractivity contribution >= 4 is 35.1 Å². The van der Waals surface area contributed by atoms with Crippen LogP contribution in [0.5, 0.6) is 0 Å². The van der Waals surface area contributed by atoms with E-state index < -0.39 is 11.9 Å². The number of nitrogens with zero attached hydrogens (tertiary/aromatic N) is 2. The molecule has 1 aromatic carbocycles. The number of rotatable bonds is 7. The van der Waals surface area contributed by atoms with Crippen LogP contribution in [0.3, 0.4) is 0 Å². The van der Waals surface area contributed by atoms with Crippen molar-refractivity contribution in [1.29, 1.82) is 0 Å². The summed E-state index contributed by atoms with van der Waals surface area (Å²) >= 11 is 5.78. The van der Waals surface area contributed by atoms with Crippen LogP contribution in [0, 0.1) is 5.92 Å². The number of carbonyl (C=O) groups excluding carboxylic acids is 3. The molecule has 1 unspecified atom stereocenters. The van der Waals surface area contributed by atoms with E-state index in [0.717, 1.165) is 0 Å². The first kappa shape index (κ1) is 21.4. The first-order valence-corrected chi connectivity index (χ1v) is 9.17. The van der Waals surface area contributed by atoms with E-state index in [4.69, 9.17) is 16.3 Å². The van der Waals surface area contributed by atoms with Crippen LogP contribution >= 0.6 is 11.6 Å². The molecule has 0 saturated carbocycles. The summed E-state index contributed by atoms with van der Waals surface area (Å²) in [6.07, 6.45) is 1.32. The van der Waals surface area contributed by atoms with Crippen molar-refractivity contribution in [1.82, 2.24) is 9.88 Å². The van der Waals surface area contributed by atoms with Crippen LogP contribution in [0.1, 0.15) is 38.1 Å². The summed E-state index contributed by atoms with van der Waals surface area (Å²) in [6, 6.07) is 9.52. The van der Waals surface area contributed by atoms with Gasteiger partial charge < -0.3 is 15.0 Å². The van der Waals surface area contributed by atoms with E-state index in [-0.39, 0.29) is 28.6 Å². The number of amides is 2. The van der Waals surface area contributed by atoms with Gasteiger partial charge in [-0.3, -0.25) is 14.6 Å². The quantitative estimate of drug-likeness (QED) is 0.567. The van der Waals surface area contributed by atoms with Gasteiger partial charge in [-0.05, 0) is 30.2 Å². The Hall–Kier alpha value is -2.93. The van der Waals surface area contributed by atoms with Gasteiger partial charge in [-0.2, -0.15) is 0 Å². The number of pyridine rings is 1. The predicted molar refractivity (Wildman–Crippen MR) is 107 cm³/mol. The number of esters is 1. The van der Waals surface area contributed by atoms with Gasteiger partial charge >= 0.3 is 5.97 Å². The van der Waals surface area contributed by atoms with Gasteiger partial charge in [0.1, 0.15) is 5.69 Å². The predicted octanol–water partition coefficient (Wildman–Crippen LogP) is 3.07. The van der Waals surface area contributed by atoms with Crippen LogP contribution in [-0.2, 0) is 4.74 Å². The zero-order valence-electron chi connectivity index (χ0n) is 15.9. The molecular formula is C20H22ClN3O4. The summed E-state index contributed by atoms with van der Waals surface area (Å²) in [6.45, 7) is 2.46. The number of methoxy groups -OCH3 is 1. The van der Waals surface area contributed by atoms with Crippen molar-refractivity contribution in [2.24, 2.45) is 5.92 Å². The number of ether oxygens (including phenoxy) is 1. The standard InChI is InChI=1S/C20H22ClN3O4/c1-13(10-21)12-24(2)19(26)17-9-8-14(11-22-17)18(25)23-16-7-5-4-6-15(16)20(27)28-3/h4-9,11,13H,10,12H2,1-3H3,(H,23,25). The highest BCUT2D eigenvalue weighted by Gasteiger charge is 2.17. The van der Waals surface area contributed by atoms with Crippen molar-refractivity contribution in [2.75, 3.05) is 31.9 Å². The zero-order chi connectivity index (χ0) is 20.7. The number of hydrogen-bond acceptors (Lipinski definition) is 5. The van der Waals surface area contributed by atoms with Gasteiger partial charge in [0.2, 0.25) is 0 Å². The molecule has 1 N–H and O–H groups in total. The third kappa shape index (κ3) is 5.29. The lowest BCUT2D eigenvalue weighted by atomic mass is 10.1. The maximum Gasteiger partial charge on any atom is 0.339 e. The molecule has 0 spiro atoms. The summed E-state index contributed by atoms with van der Waals surface area (Å²) in [5.41, 5.74) is 1.06. The van der Waals surface area contributed by atoms with E-state index in [9.17, 15) is 14.4 Å². The Kier molecular flexibility index (Phi) is 7.52. The number of anilines is 1. The van der Waals surface area contributed by atoms with Gasteiger partial charge in [0, 0.05) is 25.7 Å². The molecule has 0 saturated heterocycles. The average Bonchev–Trinajstić information content (AvgIpc) is 2.72. The molecule has 0 aliphatic heterocycles. The number of alkyl halides is 1. The number of para-hydroxylation sites is 1. The second kappa shape index (κ2) is 9.85. The van der Waals surface area contributed by atoms with Crippen molar-refractivity contribution in [3.8, 4) is 0 Å². The van der Waals surface area contributed by atoms with E-state index in [1.165, 1.54) is 25.4 Å². The molecular weight excluding hydrogens is 382 g/mol. The first-order chi connectivity index (χ1) is 13.4. The molecule has 1 atom stereocenters. The van der Waals surface area contributed by atoms with Crippen LogP contribution in [0.2, 0.25) is 0 Å². The minimum Gasteiger partial charge on any atom is -0.465 e. The SMILES string of the molecule is COC(=O)c1ccccc1NC(=O)c1ccc(C(=O)N(C)CC(C)CCl)nc1. The number of halogens is 1. The Labute approximate surface area is 168 Å². The summed E-state index contributed by atoms with van der Waals surface area (Å²) in [5.74, 6) is -0.635. The highest BCUT2D eigenvalue weighted by atomic mass is 35.5. The molecule has 1 aromatic heterocycles. The van der Waals surface area contributed by atoms with Gasteiger partial charge in [0.15, 0.2) is 0 Å². The fourth-order valence-electron chi connectivity index (χ4n) is 2.52. The van der Waals surface area contributed by atoms with Gasteiger partial charge in [-0.25, -0.2) is 4.79 Å². The van der Waals surface area contributed by atoms with E-state index in [2.05, 4.69) is 10.3 Å². The molecule has 2 rings (SSSR count). The Balaban J connectivity index is 2.11. The molecule has 0 fully saturated rings. The van der Waals surface area contributed by atoms with Crippen LogP contribution in [-0.4, -0.2) is 54.2 Å². The van der Waals surface area contributed by atoms with Crippen LogP contribution in [0.4, 0.5) is 5.69 Å². The topological polar surface area (TPSA) is 88.6 Å². The van der Waals surface area contributed by atoms with Gasteiger partial charge in [0.25, 0.3) is 11.8 Å². The molecule has 0 bridgehead atoms. The lowest BCUT2D eigenvalue weighted by Gasteiger charge is -2.19. The summed E-state index contributed by atoms with van der Waals surface area (Å²) < 4.78 is 4.71. The number of benzene rings is 1. The first-order valence-electron chi connectivity index (χ1n) is 8.63. The molecule has 1 heterocycles. The number of carbonyl (C=O) groups is 3. The van der Waals surface area contributed by atoms with Crippen LogP contribution in [0.25, 0.3) is 0 Å². The van der Waals surface area contributed by atoms with Crippen molar-refractivity contribution in [2.45, 2.75) is 6.92 Å². The smallest absolute Gasteiger partial charge is 0.339 e. The van der Waals surface area contributed by atoms with Crippen LogP contribution in [0.15, 0.2) is 42.6 Å². The second-order valence-electron chi connectivity index (χ2n) is 6.37. The normalized spacial score (nSPS) is 11.4. The van der Waals surface area contributed by atoms with Crippen molar-refractivity contribution in [3.63, 3.8) is 0 Å². The summed E-state index contributed by atoms with van der Waals surface area (Å²) in [5, 5.41) is 2.66. The molecule has 28 heavy (non-hydrogen) atoms. The average molecular weight is 404 g/mol. The lowest BCUT2D eigenvalue weighted by Crippen LogP contribution is -2.32. The van der Waals surface area contributed by atoms with Gasteiger partial charge in [-0.1, -0.05) is 19.1 Å². The molecule has 148 valence electrons. The van der Waals surface area contributed by atoms with Gasteiger partial charge in [0.05, 0.1) is 23.9 Å². The highest BCUT2D eigenvalue weighted by Crippen LogP contribution is 2.17. The minimum absolute atomic E-state index is 0.163. The molecule has 2 aromatic rings. The van der Waals surface area contributed by atoms with E-state index in [1.807, 2.05) is 6.92 Å². The third-order valence-corrected chi connectivity index (χ3v) is 4.55. The highest BCUT2D eigenvalue weighted by molar-refractivity contribution is 6.18. The summed E-state index contributed by atoms with van der Waals surface area (Å²) in [4.78, 5) is 42.3. The molecule has 2 amide bonds. The Bertz CT molecular complexity index is 855. The van der Waals surface area contributed by atoms with E-state index in [1.54, 1.807) is 36.2 Å². The maximum atomic E-state index is 12.5. The van der Waals surface area contributed by atoms with Crippen LogP contribution < -0.4 is 5.32 Å². The Morgan fingerprint density at radius 2 is 1.93 bits per heavy atom. The van der Waals surface area contributed by atoms with Gasteiger partial charge in [-0.15, -0.1) is 11.6 Å². The van der Waals surface area contributed by atoms with Crippen molar-refractivity contribution < 1.29 is 19.1 Å². The zero-order valence-corrected chi connectivity index (χ0v) is 16.7. The molecule has 0 radical (unpaired) electrons. The van der Waals surface area contributed by atoms with Crippen molar-refractivity contribution in [3.05, 3.63) is 59.4 Å². The molecule has 7 nitrogen and oxygen atoms in total. The van der Waals surface area contributed by atoms with E-state index in [0.29, 0.717) is 18.1 Å².